The normalized spacial score (nSPS) is 11.0. The Morgan fingerprint density at radius 1 is 1.43 bits per heavy atom. The average molecular weight is 283 g/mol. The Bertz CT molecular complexity index is 772. The molecule has 0 saturated carbocycles. The molecule has 0 atom stereocenters. The van der Waals surface area contributed by atoms with Crippen molar-refractivity contribution >= 4 is 11.6 Å². The van der Waals surface area contributed by atoms with Crippen molar-refractivity contribution in [1.29, 1.82) is 0 Å². The van der Waals surface area contributed by atoms with Gasteiger partial charge in [-0.3, -0.25) is 9.20 Å². The molecule has 0 spiro atoms. The minimum Gasteiger partial charge on any atom is -0.467 e. The molecule has 0 aliphatic carbocycles. The largest absolute Gasteiger partial charge is 0.467 e. The maximum atomic E-state index is 12.5. The van der Waals surface area contributed by atoms with Gasteiger partial charge in [-0.25, -0.2) is 4.98 Å². The maximum absolute atomic E-state index is 12.5. The average Bonchev–Trinajstić information content (AvgIpc) is 3.11. The van der Waals surface area contributed by atoms with Crippen molar-refractivity contribution in [3.05, 3.63) is 59.4 Å². The second kappa shape index (κ2) is 5.44. The van der Waals surface area contributed by atoms with Crippen LogP contribution in [0.25, 0.3) is 5.65 Å². The number of hydrogen-bond donors (Lipinski definition) is 1. The second-order valence-corrected chi connectivity index (χ2v) is 4.95. The van der Waals surface area contributed by atoms with Crippen LogP contribution < -0.4 is 5.32 Å². The lowest BCUT2D eigenvalue weighted by molar-refractivity contribution is 0.0941. The number of aromatic nitrogens is 2. The number of carbonyl (C=O) groups excluding carboxylic acids is 1. The highest BCUT2D eigenvalue weighted by molar-refractivity contribution is 5.94. The summed E-state index contributed by atoms with van der Waals surface area (Å²) < 4.78 is 7.06. The van der Waals surface area contributed by atoms with Gasteiger partial charge in [0.2, 0.25) is 0 Å². The van der Waals surface area contributed by atoms with Gasteiger partial charge in [0.25, 0.3) is 5.91 Å². The summed E-state index contributed by atoms with van der Waals surface area (Å²) in [5.41, 5.74) is 3.32. The zero-order chi connectivity index (χ0) is 14.8. The summed E-state index contributed by atoms with van der Waals surface area (Å²) in [7, 11) is 0. The Morgan fingerprint density at radius 2 is 2.29 bits per heavy atom. The van der Waals surface area contributed by atoms with Crippen molar-refractivity contribution in [3.63, 3.8) is 0 Å². The van der Waals surface area contributed by atoms with E-state index in [0.29, 0.717) is 18.7 Å². The molecule has 0 aliphatic heterocycles. The molecule has 0 aromatic carbocycles. The molecule has 3 aromatic heterocycles. The van der Waals surface area contributed by atoms with Gasteiger partial charge in [-0.05, 0) is 43.2 Å². The second-order valence-electron chi connectivity index (χ2n) is 4.95. The first-order chi connectivity index (χ1) is 10.2. The minimum atomic E-state index is -0.139. The van der Waals surface area contributed by atoms with Gasteiger partial charge in [-0.15, -0.1) is 0 Å². The number of fused-ring (bicyclic) bond motifs is 1. The van der Waals surface area contributed by atoms with Crippen molar-refractivity contribution in [2.75, 3.05) is 0 Å². The molecule has 5 heteroatoms. The Labute approximate surface area is 122 Å². The van der Waals surface area contributed by atoms with E-state index in [9.17, 15) is 4.79 Å². The fourth-order valence-corrected chi connectivity index (χ4v) is 2.35. The maximum Gasteiger partial charge on any atom is 0.270 e. The number of carbonyl (C=O) groups is 1. The highest BCUT2D eigenvalue weighted by Gasteiger charge is 2.18. The lowest BCUT2D eigenvalue weighted by Gasteiger charge is -2.05. The highest BCUT2D eigenvalue weighted by atomic mass is 16.3. The smallest absolute Gasteiger partial charge is 0.270 e. The molecule has 3 rings (SSSR count). The molecule has 0 unspecified atom stereocenters. The predicted molar refractivity (Wildman–Crippen MR) is 79.2 cm³/mol. The summed E-state index contributed by atoms with van der Waals surface area (Å²) >= 11 is 0. The van der Waals surface area contributed by atoms with Gasteiger partial charge in [0, 0.05) is 6.20 Å². The van der Waals surface area contributed by atoms with Crippen molar-refractivity contribution in [2.45, 2.75) is 26.8 Å². The number of imidazole rings is 1. The number of rotatable bonds is 4. The molecule has 3 heterocycles. The van der Waals surface area contributed by atoms with Gasteiger partial charge in [0.1, 0.15) is 17.1 Å². The first kappa shape index (κ1) is 13.4. The van der Waals surface area contributed by atoms with Crippen LogP contribution in [0, 0.1) is 6.92 Å². The Morgan fingerprint density at radius 3 is 3.00 bits per heavy atom. The first-order valence-corrected chi connectivity index (χ1v) is 6.97. The summed E-state index contributed by atoms with van der Waals surface area (Å²) in [5, 5.41) is 2.88. The Balaban J connectivity index is 1.92. The van der Waals surface area contributed by atoms with E-state index in [1.54, 1.807) is 12.3 Å². The molecule has 1 N–H and O–H groups in total. The number of nitrogens with zero attached hydrogens (tertiary/aromatic N) is 2. The fraction of sp³-hybridized carbons (Fsp3) is 0.250. The van der Waals surface area contributed by atoms with Crippen LogP contribution in [-0.4, -0.2) is 15.3 Å². The van der Waals surface area contributed by atoms with E-state index in [0.717, 1.165) is 22.7 Å². The van der Waals surface area contributed by atoms with Gasteiger partial charge in [-0.2, -0.15) is 0 Å². The van der Waals surface area contributed by atoms with Crippen molar-refractivity contribution in [2.24, 2.45) is 0 Å². The summed E-state index contributed by atoms with van der Waals surface area (Å²) in [4.78, 5) is 17.0. The molecule has 0 fully saturated rings. The van der Waals surface area contributed by atoms with E-state index in [4.69, 9.17) is 4.42 Å². The van der Waals surface area contributed by atoms with E-state index in [-0.39, 0.29) is 5.91 Å². The molecule has 0 saturated heterocycles. The molecule has 108 valence electrons. The van der Waals surface area contributed by atoms with E-state index in [1.807, 2.05) is 42.6 Å². The molecule has 5 nitrogen and oxygen atoms in total. The number of amides is 1. The number of nitrogens with one attached hydrogen (secondary N) is 1. The predicted octanol–water partition coefficient (Wildman–Crippen LogP) is 2.73. The molecule has 0 bridgehead atoms. The molecule has 3 aromatic rings. The van der Waals surface area contributed by atoms with Crippen LogP contribution in [0.5, 0.6) is 0 Å². The molecular weight excluding hydrogens is 266 g/mol. The zero-order valence-corrected chi connectivity index (χ0v) is 12.1. The minimum absolute atomic E-state index is 0.139. The quantitative estimate of drug-likeness (QED) is 0.801. The number of aryl methyl sites for hydroxylation is 2. The van der Waals surface area contributed by atoms with Crippen LogP contribution in [0.1, 0.15) is 34.4 Å². The van der Waals surface area contributed by atoms with Gasteiger partial charge in [0.05, 0.1) is 18.5 Å². The van der Waals surface area contributed by atoms with E-state index in [2.05, 4.69) is 10.3 Å². The van der Waals surface area contributed by atoms with Crippen molar-refractivity contribution in [3.8, 4) is 0 Å². The third-order valence-electron chi connectivity index (χ3n) is 3.41. The third-order valence-corrected chi connectivity index (χ3v) is 3.41. The Hall–Kier alpha value is -2.56. The third kappa shape index (κ3) is 2.54. The fourth-order valence-electron chi connectivity index (χ4n) is 2.35. The van der Waals surface area contributed by atoms with Crippen LogP contribution >= 0.6 is 0 Å². The Kier molecular flexibility index (Phi) is 3.48. The lowest BCUT2D eigenvalue weighted by Crippen LogP contribution is -2.25. The topological polar surface area (TPSA) is 59.5 Å². The van der Waals surface area contributed by atoms with Gasteiger partial charge >= 0.3 is 0 Å². The number of pyridine rings is 1. The number of hydrogen-bond acceptors (Lipinski definition) is 3. The highest BCUT2D eigenvalue weighted by Crippen LogP contribution is 2.15. The van der Waals surface area contributed by atoms with E-state index < -0.39 is 0 Å². The van der Waals surface area contributed by atoms with E-state index >= 15 is 0 Å². The van der Waals surface area contributed by atoms with Gasteiger partial charge in [-0.1, -0.05) is 6.92 Å². The molecule has 0 radical (unpaired) electrons. The van der Waals surface area contributed by atoms with Crippen LogP contribution in [0.4, 0.5) is 0 Å². The summed E-state index contributed by atoms with van der Waals surface area (Å²) in [6.07, 6.45) is 4.19. The standard InChI is InChI=1S/C16H17N3O2/c1-3-13-15(16(20)17-10-12-5-4-8-21-12)19-7-6-11(2)9-14(19)18-13/h4-9H,3,10H2,1-2H3,(H,17,20). The van der Waals surface area contributed by atoms with E-state index in [1.165, 1.54) is 0 Å². The van der Waals surface area contributed by atoms with Gasteiger partial charge in [0.15, 0.2) is 0 Å². The zero-order valence-electron chi connectivity index (χ0n) is 12.1. The monoisotopic (exact) mass is 283 g/mol. The first-order valence-electron chi connectivity index (χ1n) is 6.97. The summed E-state index contributed by atoms with van der Waals surface area (Å²) in [5.74, 6) is 0.589. The molecule has 1 amide bonds. The SMILES string of the molecule is CCc1nc2cc(C)ccn2c1C(=O)NCc1ccco1. The summed E-state index contributed by atoms with van der Waals surface area (Å²) in [6, 6.07) is 7.58. The van der Waals surface area contributed by atoms with Crippen LogP contribution in [0.2, 0.25) is 0 Å². The molecule has 0 aliphatic rings. The van der Waals surface area contributed by atoms with Crippen LogP contribution in [-0.2, 0) is 13.0 Å². The van der Waals surface area contributed by atoms with Crippen LogP contribution in [0.15, 0.2) is 41.1 Å². The lowest BCUT2D eigenvalue weighted by atomic mass is 10.2. The molecular formula is C16H17N3O2. The summed E-state index contributed by atoms with van der Waals surface area (Å²) in [6.45, 7) is 4.38. The van der Waals surface area contributed by atoms with Crippen molar-refractivity contribution < 1.29 is 9.21 Å². The van der Waals surface area contributed by atoms with Gasteiger partial charge < -0.3 is 9.73 Å². The number of furan rings is 1. The molecule has 21 heavy (non-hydrogen) atoms. The van der Waals surface area contributed by atoms with Crippen molar-refractivity contribution in [1.82, 2.24) is 14.7 Å². The van der Waals surface area contributed by atoms with Crippen LogP contribution in [0.3, 0.4) is 0 Å².